The van der Waals surface area contributed by atoms with Gasteiger partial charge in [-0.05, 0) is 57.8 Å². The van der Waals surface area contributed by atoms with Crippen molar-refractivity contribution >= 4 is 5.91 Å². The second kappa shape index (κ2) is 50.6. The van der Waals surface area contributed by atoms with E-state index in [9.17, 15) is 61.0 Å². The zero-order valence-corrected chi connectivity index (χ0v) is 53.8. The largest absolute Gasteiger partial charge is 0.394 e. The normalized spacial score (nSPS) is 28.8. The molecule has 1 amide bonds. The number of amides is 1. The lowest BCUT2D eigenvalue weighted by Gasteiger charge is -2.48. The summed E-state index contributed by atoms with van der Waals surface area (Å²) in [5.74, 6) is -0.283. The molecule has 0 spiro atoms. The molecule has 0 aromatic carbocycles. The summed E-state index contributed by atoms with van der Waals surface area (Å²) in [7, 11) is 0. The predicted octanol–water partition coefficient (Wildman–Crippen LogP) is 8.83. The summed E-state index contributed by atoms with van der Waals surface area (Å²) in [4.78, 5) is 13.4. The monoisotopic (exact) mass is 1240 g/mol. The molecule has 19 heteroatoms. The first-order valence-electron chi connectivity index (χ1n) is 34.7. The van der Waals surface area contributed by atoms with Crippen LogP contribution in [-0.2, 0) is 33.2 Å². The third kappa shape index (κ3) is 32.9. The van der Waals surface area contributed by atoms with Gasteiger partial charge < -0.3 is 89.9 Å². The fraction of sp³-hybridized carbons (Fsp3) is 0.897. The Morgan fingerprint density at radius 1 is 0.402 bits per heavy atom. The summed E-state index contributed by atoms with van der Waals surface area (Å²) in [5.41, 5.74) is 0. The van der Waals surface area contributed by atoms with Crippen LogP contribution in [0.2, 0.25) is 0 Å². The molecular weight excluding hydrogens is 1120 g/mol. The molecule has 0 bridgehead atoms. The fourth-order valence-electron chi connectivity index (χ4n) is 11.7. The summed E-state index contributed by atoms with van der Waals surface area (Å²) >= 11 is 0. The molecular formula is C68H125NO18. The Labute approximate surface area is 523 Å². The maximum atomic E-state index is 13.4. The van der Waals surface area contributed by atoms with Gasteiger partial charge in [-0.2, -0.15) is 0 Å². The van der Waals surface area contributed by atoms with Gasteiger partial charge in [-0.3, -0.25) is 4.79 Å². The minimum Gasteiger partial charge on any atom is -0.394 e. The van der Waals surface area contributed by atoms with Gasteiger partial charge in [0.25, 0.3) is 0 Å². The smallest absolute Gasteiger partial charge is 0.220 e. The predicted molar refractivity (Wildman–Crippen MR) is 337 cm³/mol. The van der Waals surface area contributed by atoms with Crippen LogP contribution < -0.4 is 5.32 Å². The first-order chi connectivity index (χ1) is 42.3. The summed E-state index contributed by atoms with van der Waals surface area (Å²) in [6, 6.07) is -0.989. The van der Waals surface area contributed by atoms with E-state index in [1.807, 2.05) is 6.08 Å². The van der Waals surface area contributed by atoms with E-state index in [1.165, 1.54) is 186 Å². The van der Waals surface area contributed by atoms with Crippen molar-refractivity contribution in [3.63, 3.8) is 0 Å². The molecule has 0 aromatic heterocycles. The maximum absolute atomic E-state index is 13.4. The van der Waals surface area contributed by atoms with Gasteiger partial charge in [0.05, 0.1) is 38.6 Å². The van der Waals surface area contributed by atoms with E-state index in [-0.39, 0.29) is 18.9 Å². The number of carbonyl (C=O) groups excluding carboxylic acids is 1. The molecule has 3 saturated heterocycles. The Balaban J connectivity index is 1.44. The van der Waals surface area contributed by atoms with Crippen molar-refractivity contribution in [3.8, 4) is 0 Å². The van der Waals surface area contributed by atoms with Crippen LogP contribution in [0.1, 0.15) is 258 Å². The van der Waals surface area contributed by atoms with Gasteiger partial charge in [-0.15, -0.1) is 0 Å². The molecule has 0 radical (unpaired) electrons. The van der Waals surface area contributed by atoms with Gasteiger partial charge in [0.1, 0.15) is 73.2 Å². The van der Waals surface area contributed by atoms with Gasteiger partial charge in [0.15, 0.2) is 18.9 Å². The Bertz CT molecular complexity index is 1720. The molecule has 3 rings (SSSR count). The molecule has 3 heterocycles. The van der Waals surface area contributed by atoms with E-state index in [0.29, 0.717) is 12.8 Å². The van der Waals surface area contributed by atoms with Crippen molar-refractivity contribution in [2.75, 3.05) is 26.4 Å². The molecule has 3 aliphatic heterocycles. The van der Waals surface area contributed by atoms with E-state index in [0.717, 1.165) is 38.5 Å². The number of allylic oxidation sites excluding steroid dienone is 5. The number of aliphatic hydroxyl groups excluding tert-OH is 11. The number of hydrogen-bond donors (Lipinski definition) is 12. The molecule has 87 heavy (non-hydrogen) atoms. The van der Waals surface area contributed by atoms with Crippen molar-refractivity contribution < 1.29 is 89.4 Å². The Hall–Kier alpha value is -1.99. The van der Waals surface area contributed by atoms with Gasteiger partial charge >= 0.3 is 0 Å². The van der Waals surface area contributed by atoms with Gasteiger partial charge in [-0.1, -0.05) is 230 Å². The lowest BCUT2D eigenvalue weighted by Crippen LogP contribution is -2.66. The number of aliphatic hydroxyl groups is 11. The minimum atomic E-state index is -1.98. The van der Waals surface area contributed by atoms with Crippen LogP contribution in [0.4, 0.5) is 0 Å². The second-order valence-electron chi connectivity index (χ2n) is 25.0. The highest BCUT2D eigenvalue weighted by Crippen LogP contribution is 2.33. The number of rotatable bonds is 53. The topological polar surface area (TPSA) is 307 Å². The molecule has 3 fully saturated rings. The maximum Gasteiger partial charge on any atom is 0.220 e. The Kier molecular flexibility index (Phi) is 46.0. The lowest BCUT2D eigenvalue weighted by atomic mass is 9.96. The summed E-state index contributed by atoms with van der Waals surface area (Å²) in [5, 5.41) is 120. The van der Waals surface area contributed by atoms with Crippen LogP contribution in [0.15, 0.2) is 36.5 Å². The molecule has 0 saturated carbocycles. The summed E-state index contributed by atoms with van der Waals surface area (Å²) in [6.45, 7) is 1.73. The van der Waals surface area contributed by atoms with Crippen molar-refractivity contribution in [1.29, 1.82) is 0 Å². The molecule has 12 N–H and O–H groups in total. The van der Waals surface area contributed by atoms with E-state index >= 15 is 0 Å². The van der Waals surface area contributed by atoms with E-state index in [1.54, 1.807) is 6.08 Å². The average Bonchev–Trinajstić information content (AvgIpc) is 1.15. The number of carbonyl (C=O) groups is 1. The van der Waals surface area contributed by atoms with E-state index < -0.39 is 124 Å². The molecule has 3 aliphatic rings. The first-order valence-corrected chi connectivity index (χ1v) is 34.7. The van der Waals surface area contributed by atoms with Crippen LogP contribution in [-0.4, -0.2) is 193 Å². The van der Waals surface area contributed by atoms with Crippen molar-refractivity contribution in [2.45, 2.75) is 362 Å². The number of unbranched alkanes of at least 4 members (excludes halogenated alkanes) is 33. The molecule has 19 nitrogen and oxygen atoms in total. The highest BCUT2D eigenvalue weighted by atomic mass is 16.8. The number of hydrogen-bond acceptors (Lipinski definition) is 18. The lowest BCUT2D eigenvalue weighted by molar-refractivity contribution is -0.379. The van der Waals surface area contributed by atoms with Gasteiger partial charge in [-0.25, -0.2) is 0 Å². The standard InChI is InChI=1S/C68H125NO18/c1-3-5-7-9-11-13-15-17-19-21-22-23-24-25-26-27-28-30-32-34-36-38-40-42-44-46-56(74)69-51(52(73)45-43-41-39-37-35-33-31-29-20-18-16-14-12-10-8-6-4-2)50-82-66-62(80)59(77)64(54(48-71)84-66)87-68-63(81)60(78)65(55(49-72)85-68)86-67-61(79)58(76)57(75)53(47-70)83-67/h21-22,35,37,43,45,51-55,57-68,70-73,75-81H,3-20,23-34,36,38-42,44,46-50H2,1-2H3,(H,69,74)/b22-21-,37-35+,45-43+. The van der Waals surface area contributed by atoms with Crippen LogP contribution in [0.3, 0.4) is 0 Å². The van der Waals surface area contributed by atoms with Crippen molar-refractivity contribution in [2.24, 2.45) is 0 Å². The summed E-state index contributed by atoms with van der Waals surface area (Å²) in [6.07, 6.45) is 31.2. The van der Waals surface area contributed by atoms with Crippen molar-refractivity contribution in [1.82, 2.24) is 5.32 Å². The van der Waals surface area contributed by atoms with E-state index in [4.69, 9.17) is 28.4 Å². The van der Waals surface area contributed by atoms with Crippen molar-refractivity contribution in [3.05, 3.63) is 36.5 Å². The zero-order chi connectivity index (χ0) is 63.3. The average molecular weight is 1240 g/mol. The number of nitrogens with one attached hydrogen (secondary N) is 1. The van der Waals surface area contributed by atoms with Crippen LogP contribution in [0.25, 0.3) is 0 Å². The third-order valence-corrected chi connectivity index (χ3v) is 17.4. The van der Waals surface area contributed by atoms with Crippen LogP contribution >= 0.6 is 0 Å². The van der Waals surface area contributed by atoms with Crippen LogP contribution in [0.5, 0.6) is 0 Å². The summed E-state index contributed by atoms with van der Waals surface area (Å²) < 4.78 is 34.3. The van der Waals surface area contributed by atoms with E-state index in [2.05, 4.69) is 43.5 Å². The second-order valence-corrected chi connectivity index (χ2v) is 25.0. The third-order valence-electron chi connectivity index (χ3n) is 17.4. The number of ether oxygens (including phenoxy) is 6. The molecule has 0 aliphatic carbocycles. The van der Waals surface area contributed by atoms with Gasteiger partial charge in [0, 0.05) is 6.42 Å². The molecule has 17 unspecified atom stereocenters. The quantitative estimate of drug-likeness (QED) is 0.0200. The van der Waals surface area contributed by atoms with Gasteiger partial charge in [0.2, 0.25) is 5.91 Å². The highest BCUT2D eigenvalue weighted by Gasteiger charge is 2.53. The zero-order valence-electron chi connectivity index (χ0n) is 53.8. The molecule has 510 valence electrons. The molecule has 17 atom stereocenters. The SMILES string of the molecule is CCCCCCCCCC/C=C\CCCCCCCCCCCCCCCC(=O)NC(COC1OC(CO)C(OC2OC(CO)C(OC3OC(CO)C(O)C(O)C3O)C(O)C2O)C(O)C1O)C(O)/C=C/CC/C=C/CCCCCCCCCCCCC. The fourth-order valence-corrected chi connectivity index (χ4v) is 11.7. The molecule has 0 aromatic rings. The Morgan fingerprint density at radius 3 is 1.15 bits per heavy atom. The Morgan fingerprint density at radius 2 is 0.736 bits per heavy atom. The minimum absolute atomic E-state index is 0.237. The first kappa shape index (κ1) is 79.2. The van der Waals surface area contributed by atoms with Crippen LogP contribution in [0, 0.1) is 0 Å². The highest BCUT2D eigenvalue weighted by molar-refractivity contribution is 5.76.